The summed E-state index contributed by atoms with van der Waals surface area (Å²) < 4.78 is 25.2. The Morgan fingerprint density at radius 3 is 2.71 bits per heavy atom. The van der Waals surface area contributed by atoms with Gasteiger partial charge in [0.2, 0.25) is 0 Å². The molecule has 1 saturated heterocycles. The molecule has 2 N–H and O–H groups in total. The molecule has 1 fully saturated rings. The van der Waals surface area contributed by atoms with Crippen LogP contribution in [0.3, 0.4) is 0 Å². The van der Waals surface area contributed by atoms with Crippen LogP contribution in [0.5, 0.6) is 17.2 Å². The number of ether oxygens (including phenoxy) is 2. The summed E-state index contributed by atoms with van der Waals surface area (Å²) in [5.74, 6) is 5.12. The molecule has 0 radical (unpaired) electrons. The van der Waals surface area contributed by atoms with Gasteiger partial charge >= 0.3 is 6.09 Å². The second-order valence-electron chi connectivity index (χ2n) is 9.50. The number of hydrogen-bond donors (Lipinski definition) is 2. The fourth-order valence-corrected chi connectivity index (χ4v) is 4.49. The molecule has 210 valence electrons. The second kappa shape index (κ2) is 11.9. The van der Waals surface area contributed by atoms with Crippen LogP contribution in [0.1, 0.15) is 28.9 Å². The molecular formula is C29H26FN5O6. The summed E-state index contributed by atoms with van der Waals surface area (Å²) in [7, 11) is 1.59. The fourth-order valence-electron chi connectivity index (χ4n) is 4.49. The summed E-state index contributed by atoms with van der Waals surface area (Å²) in [4.78, 5) is 47.7. The van der Waals surface area contributed by atoms with Crippen molar-refractivity contribution in [2.24, 2.45) is 5.92 Å². The number of piperidine rings is 1. The third-order valence-corrected chi connectivity index (χ3v) is 6.76. The van der Waals surface area contributed by atoms with Gasteiger partial charge in [0.25, 0.3) is 17.8 Å². The van der Waals surface area contributed by atoms with Crippen molar-refractivity contribution in [3.05, 3.63) is 72.1 Å². The summed E-state index contributed by atoms with van der Waals surface area (Å²) in [5, 5.41) is 11.8. The quantitative estimate of drug-likeness (QED) is 0.367. The summed E-state index contributed by atoms with van der Waals surface area (Å²) in [6, 6.07) is 9.97. The lowest BCUT2D eigenvalue weighted by atomic mass is 9.97. The van der Waals surface area contributed by atoms with E-state index in [2.05, 4.69) is 27.1 Å². The highest BCUT2D eigenvalue weighted by molar-refractivity contribution is 6.03. The van der Waals surface area contributed by atoms with Crippen molar-refractivity contribution in [3.8, 4) is 29.1 Å². The van der Waals surface area contributed by atoms with Crippen molar-refractivity contribution in [1.82, 2.24) is 20.2 Å². The average Bonchev–Trinajstić information content (AvgIpc) is 3.09. The maximum atomic E-state index is 13.9. The molecule has 1 aromatic carbocycles. The Hall–Kier alpha value is -5.18. The van der Waals surface area contributed by atoms with Gasteiger partial charge in [-0.05, 0) is 49.2 Å². The number of aromatic nitrogens is 2. The number of carbonyl (C=O) groups is 3. The zero-order valence-electron chi connectivity index (χ0n) is 22.0. The molecule has 3 aromatic rings. The molecule has 2 aromatic heterocycles. The van der Waals surface area contributed by atoms with Crippen LogP contribution in [-0.2, 0) is 4.79 Å². The van der Waals surface area contributed by atoms with Crippen molar-refractivity contribution in [2.45, 2.75) is 18.9 Å². The Labute approximate surface area is 234 Å². The molecule has 12 heteroatoms. The molecule has 4 heterocycles. The standard InChI is InChI=1S/C29H26FN5O6/c1-34-23-15-19(5-4-18-9-13-35(14-10-18)29(38)39)6-7-24(23)40-17-22(28(34)37)33-27(36)21-16-20(8-12-31-21)41-25-3-2-11-32-26(25)30/h2-3,6-8,11-12,15-16,18,22H,9-10,13-14,17H2,1H3,(H,33,36)(H,38,39)/t22-/m0/s1. The second-order valence-corrected chi connectivity index (χ2v) is 9.50. The normalized spacial score (nSPS) is 16.9. The average molecular weight is 560 g/mol. The van der Waals surface area contributed by atoms with E-state index in [1.165, 1.54) is 46.5 Å². The molecule has 0 aliphatic carbocycles. The number of carboxylic acid groups (broad SMARTS) is 1. The number of carbonyl (C=O) groups excluding carboxylic acids is 2. The van der Waals surface area contributed by atoms with E-state index in [1.54, 1.807) is 25.2 Å². The van der Waals surface area contributed by atoms with Crippen molar-refractivity contribution >= 4 is 23.6 Å². The van der Waals surface area contributed by atoms with Gasteiger partial charge in [-0.15, -0.1) is 0 Å². The van der Waals surface area contributed by atoms with E-state index in [0.717, 1.165) is 0 Å². The maximum absolute atomic E-state index is 13.9. The number of nitrogens with zero attached hydrogens (tertiary/aromatic N) is 4. The summed E-state index contributed by atoms with van der Waals surface area (Å²) in [5.41, 5.74) is 1.16. The predicted octanol–water partition coefficient (Wildman–Crippen LogP) is 3.30. The smallest absolute Gasteiger partial charge is 0.407 e. The minimum Gasteiger partial charge on any atom is -0.489 e. The Bertz CT molecular complexity index is 1550. The number of anilines is 1. The van der Waals surface area contributed by atoms with E-state index in [0.29, 0.717) is 42.9 Å². The van der Waals surface area contributed by atoms with Crippen LogP contribution >= 0.6 is 0 Å². The summed E-state index contributed by atoms with van der Waals surface area (Å²) >= 11 is 0. The molecule has 41 heavy (non-hydrogen) atoms. The van der Waals surface area contributed by atoms with Crippen molar-refractivity contribution in [3.63, 3.8) is 0 Å². The lowest BCUT2D eigenvalue weighted by Gasteiger charge is -2.27. The number of likely N-dealkylation sites (N-methyl/N-ethyl adjacent to an activating group) is 1. The van der Waals surface area contributed by atoms with E-state index in [-0.39, 0.29) is 29.7 Å². The molecule has 11 nitrogen and oxygen atoms in total. The van der Waals surface area contributed by atoms with Gasteiger partial charge in [-0.2, -0.15) is 4.39 Å². The van der Waals surface area contributed by atoms with Gasteiger partial charge in [0, 0.05) is 50.1 Å². The van der Waals surface area contributed by atoms with E-state index in [4.69, 9.17) is 14.6 Å². The highest BCUT2D eigenvalue weighted by Gasteiger charge is 2.31. The summed E-state index contributed by atoms with van der Waals surface area (Å²) in [6.45, 7) is 0.798. The van der Waals surface area contributed by atoms with Crippen molar-refractivity contribution < 1.29 is 33.4 Å². The molecule has 0 bridgehead atoms. The first kappa shape index (κ1) is 27.4. The third kappa shape index (κ3) is 6.36. The molecule has 1 atom stereocenters. The van der Waals surface area contributed by atoms with Crippen LogP contribution in [0.15, 0.2) is 54.9 Å². The lowest BCUT2D eigenvalue weighted by Crippen LogP contribution is -2.49. The number of benzene rings is 1. The number of likely N-dealkylation sites (tertiary alicyclic amines) is 1. The fraction of sp³-hybridized carbons (Fsp3) is 0.276. The first-order chi connectivity index (χ1) is 19.8. The van der Waals surface area contributed by atoms with Gasteiger partial charge in [0.15, 0.2) is 5.75 Å². The first-order valence-electron chi connectivity index (χ1n) is 12.9. The lowest BCUT2D eigenvalue weighted by molar-refractivity contribution is -0.120. The zero-order valence-corrected chi connectivity index (χ0v) is 22.0. The van der Waals surface area contributed by atoms with E-state index >= 15 is 0 Å². The largest absolute Gasteiger partial charge is 0.489 e. The monoisotopic (exact) mass is 559 g/mol. The van der Waals surface area contributed by atoms with Crippen LogP contribution < -0.4 is 19.7 Å². The third-order valence-electron chi connectivity index (χ3n) is 6.76. The molecular weight excluding hydrogens is 533 g/mol. The summed E-state index contributed by atoms with van der Waals surface area (Å²) in [6.07, 6.45) is 3.04. The van der Waals surface area contributed by atoms with Crippen LogP contribution in [0.2, 0.25) is 0 Å². The highest BCUT2D eigenvalue weighted by Crippen LogP contribution is 2.32. The predicted molar refractivity (Wildman–Crippen MR) is 144 cm³/mol. The van der Waals surface area contributed by atoms with Gasteiger partial charge in [-0.1, -0.05) is 11.8 Å². The number of pyridine rings is 2. The van der Waals surface area contributed by atoms with Gasteiger partial charge in [0.05, 0.1) is 5.69 Å². The Balaban J connectivity index is 1.24. The molecule has 2 aliphatic heterocycles. The maximum Gasteiger partial charge on any atom is 0.407 e. The number of nitrogens with one attached hydrogen (secondary N) is 1. The van der Waals surface area contributed by atoms with Crippen LogP contribution in [0, 0.1) is 23.7 Å². The van der Waals surface area contributed by atoms with Crippen LogP contribution in [0.25, 0.3) is 0 Å². The van der Waals surface area contributed by atoms with Gasteiger partial charge in [-0.25, -0.2) is 9.78 Å². The molecule has 0 unspecified atom stereocenters. The molecule has 3 amide bonds. The van der Waals surface area contributed by atoms with E-state index < -0.39 is 29.9 Å². The van der Waals surface area contributed by atoms with Crippen LogP contribution in [-0.4, -0.2) is 70.7 Å². The zero-order chi connectivity index (χ0) is 28.9. The molecule has 5 rings (SSSR count). The molecule has 2 aliphatic rings. The Kier molecular flexibility index (Phi) is 7.96. The number of amides is 3. The van der Waals surface area contributed by atoms with E-state index in [9.17, 15) is 18.8 Å². The Morgan fingerprint density at radius 2 is 1.95 bits per heavy atom. The number of fused-ring (bicyclic) bond motifs is 1. The molecule has 0 saturated carbocycles. The van der Waals surface area contributed by atoms with Gasteiger partial charge in [0.1, 0.15) is 29.8 Å². The van der Waals surface area contributed by atoms with Crippen molar-refractivity contribution in [2.75, 3.05) is 31.6 Å². The van der Waals surface area contributed by atoms with Crippen LogP contribution in [0.4, 0.5) is 14.9 Å². The van der Waals surface area contributed by atoms with Gasteiger partial charge < -0.3 is 29.7 Å². The van der Waals surface area contributed by atoms with E-state index in [1.807, 2.05) is 0 Å². The highest BCUT2D eigenvalue weighted by atomic mass is 19.1. The minimum atomic E-state index is -1.00. The molecule has 0 spiro atoms. The van der Waals surface area contributed by atoms with Crippen molar-refractivity contribution in [1.29, 1.82) is 0 Å². The SMILES string of the molecule is CN1C(=O)[C@@H](NC(=O)c2cc(Oc3cccnc3F)ccn2)COc2ccc(C#CC3CCN(C(=O)O)CC3)cc21. The minimum absolute atomic E-state index is 0.0317. The number of halogens is 1. The topological polar surface area (TPSA) is 134 Å². The van der Waals surface area contributed by atoms with Gasteiger partial charge in [-0.3, -0.25) is 14.6 Å². The Morgan fingerprint density at radius 1 is 1.15 bits per heavy atom. The number of rotatable bonds is 4. The number of hydrogen-bond acceptors (Lipinski definition) is 7. The first-order valence-corrected chi connectivity index (χ1v) is 12.9.